The van der Waals surface area contributed by atoms with E-state index in [0.717, 1.165) is 18.7 Å². The second-order valence-electron chi connectivity index (χ2n) is 4.75. The fraction of sp³-hybridized carbons (Fsp3) is 0.500. The third-order valence-electron chi connectivity index (χ3n) is 3.31. The molecule has 1 aromatic carbocycles. The quantitative estimate of drug-likeness (QED) is 0.882. The number of benzene rings is 1. The molecule has 2 N–H and O–H groups in total. The van der Waals surface area contributed by atoms with Crippen LogP contribution in [0.2, 0.25) is 5.02 Å². The number of carbonyl (C=O) groups is 1. The first-order valence-corrected chi connectivity index (χ1v) is 6.89. The summed E-state index contributed by atoms with van der Waals surface area (Å²) in [4.78, 5) is 12.0. The Labute approximate surface area is 118 Å². The Hall–Kier alpha value is -1.10. The summed E-state index contributed by atoms with van der Waals surface area (Å²) < 4.78 is 5.59. The Morgan fingerprint density at radius 1 is 1.53 bits per heavy atom. The van der Waals surface area contributed by atoms with E-state index in [9.17, 15) is 4.79 Å². The van der Waals surface area contributed by atoms with Crippen molar-refractivity contribution in [2.45, 2.75) is 19.6 Å². The molecule has 2 atom stereocenters. The van der Waals surface area contributed by atoms with E-state index in [4.69, 9.17) is 16.3 Å². The molecule has 4 nitrogen and oxygen atoms in total. The number of nitrogens with one attached hydrogen (secondary N) is 2. The van der Waals surface area contributed by atoms with Gasteiger partial charge in [-0.25, -0.2) is 0 Å². The maximum absolute atomic E-state index is 12.0. The van der Waals surface area contributed by atoms with Crippen molar-refractivity contribution < 1.29 is 9.53 Å². The number of rotatable bonds is 4. The fourth-order valence-corrected chi connectivity index (χ4v) is 2.15. The SMILES string of the molecule is CC(C(=O)NCc1ccc(Cl)cc1)C1CNCCO1. The normalized spacial score (nSPS) is 20.8. The molecule has 1 aliphatic heterocycles. The number of halogens is 1. The van der Waals surface area contributed by atoms with Crippen LogP contribution in [-0.2, 0) is 16.1 Å². The molecular formula is C14H19ClN2O2. The molecule has 0 aliphatic carbocycles. The van der Waals surface area contributed by atoms with E-state index in [1.54, 1.807) is 0 Å². The van der Waals surface area contributed by atoms with Crippen LogP contribution in [0, 0.1) is 5.92 Å². The fourth-order valence-electron chi connectivity index (χ4n) is 2.03. The number of hydrogen-bond donors (Lipinski definition) is 2. The monoisotopic (exact) mass is 282 g/mol. The van der Waals surface area contributed by atoms with Crippen molar-refractivity contribution in [2.24, 2.45) is 5.92 Å². The van der Waals surface area contributed by atoms with Crippen molar-refractivity contribution in [3.05, 3.63) is 34.9 Å². The minimum Gasteiger partial charge on any atom is -0.375 e. The molecule has 1 fully saturated rings. The lowest BCUT2D eigenvalue weighted by molar-refractivity contribution is -0.130. The summed E-state index contributed by atoms with van der Waals surface area (Å²) in [7, 11) is 0. The predicted molar refractivity (Wildman–Crippen MR) is 75.1 cm³/mol. The Morgan fingerprint density at radius 2 is 2.26 bits per heavy atom. The Kier molecular flexibility index (Phi) is 5.19. The molecule has 0 saturated carbocycles. The Bertz CT molecular complexity index is 416. The third-order valence-corrected chi connectivity index (χ3v) is 3.56. The van der Waals surface area contributed by atoms with E-state index in [0.29, 0.717) is 18.2 Å². The first-order valence-electron chi connectivity index (χ1n) is 6.51. The van der Waals surface area contributed by atoms with E-state index in [-0.39, 0.29) is 17.9 Å². The van der Waals surface area contributed by atoms with Crippen LogP contribution in [0.5, 0.6) is 0 Å². The highest BCUT2D eigenvalue weighted by atomic mass is 35.5. The zero-order valence-corrected chi connectivity index (χ0v) is 11.7. The molecule has 5 heteroatoms. The molecule has 1 aromatic rings. The van der Waals surface area contributed by atoms with Crippen molar-refractivity contribution in [3.63, 3.8) is 0 Å². The van der Waals surface area contributed by atoms with E-state index in [1.165, 1.54) is 0 Å². The molecule has 0 aromatic heterocycles. The van der Waals surface area contributed by atoms with Crippen LogP contribution in [0.15, 0.2) is 24.3 Å². The lowest BCUT2D eigenvalue weighted by atomic mass is 10.0. The molecule has 104 valence electrons. The molecule has 19 heavy (non-hydrogen) atoms. The van der Waals surface area contributed by atoms with Gasteiger partial charge in [0, 0.05) is 24.7 Å². The molecule has 0 spiro atoms. The van der Waals surface area contributed by atoms with Gasteiger partial charge in [-0.05, 0) is 17.7 Å². The summed E-state index contributed by atoms with van der Waals surface area (Å²) in [5.41, 5.74) is 1.03. The molecule has 1 amide bonds. The Morgan fingerprint density at radius 3 is 2.89 bits per heavy atom. The van der Waals surface area contributed by atoms with Crippen LogP contribution in [-0.4, -0.2) is 31.7 Å². The number of morpholine rings is 1. The number of hydrogen-bond acceptors (Lipinski definition) is 3. The van der Waals surface area contributed by atoms with Gasteiger partial charge in [0.2, 0.25) is 5.91 Å². The number of ether oxygens (including phenoxy) is 1. The standard InChI is InChI=1S/C14H19ClN2O2/c1-10(13-9-16-6-7-19-13)14(18)17-8-11-2-4-12(15)5-3-11/h2-5,10,13,16H,6-9H2,1H3,(H,17,18). The maximum atomic E-state index is 12.0. The van der Waals surface area contributed by atoms with Crippen molar-refractivity contribution in [1.82, 2.24) is 10.6 Å². The van der Waals surface area contributed by atoms with Crippen molar-refractivity contribution in [3.8, 4) is 0 Å². The summed E-state index contributed by atoms with van der Waals surface area (Å²) in [5, 5.41) is 6.86. The summed E-state index contributed by atoms with van der Waals surface area (Å²) >= 11 is 5.82. The van der Waals surface area contributed by atoms with Crippen LogP contribution >= 0.6 is 11.6 Å². The maximum Gasteiger partial charge on any atom is 0.225 e. The van der Waals surface area contributed by atoms with Gasteiger partial charge in [-0.1, -0.05) is 30.7 Å². The summed E-state index contributed by atoms with van der Waals surface area (Å²) in [6.45, 7) is 4.67. The first kappa shape index (κ1) is 14.3. The highest BCUT2D eigenvalue weighted by Crippen LogP contribution is 2.11. The topological polar surface area (TPSA) is 50.4 Å². The number of amides is 1. The molecule has 1 heterocycles. The average Bonchev–Trinajstić information content (AvgIpc) is 2.46. The smallest absolute Gasteiger partial charge is 0.225 e. The van der Waals surface area contributed by atoms with E-state index in [2.05, 4.69) is 10.6 Å². The van der Waals surface area contributed by atoms with E-state index >= 15 is 0 Å². The lowest BCUT2D eigenvalue weighted by Gasteiger charge is -2.28. The van der Waals surface area contributed by atoms with Gasteiger partial charge >= 0.3 is 0 Å². The molecule has 2 rings (SSSR count). The molecule has 1 saturated heterocycles. The zero-order chi connectivity index (χ0) is 13.7. The van der Waals surface area contributed by atoms with Gasteiger partial charge in [-0.3, -0.25) is 4.79 Å². The van der Waals surface area contributed by atoms with Crippen LogP contribution in [0.1, 0.15) is 12.5 Å². The first-order chi connectivity index (χ1) is 9.16. The summed E-state index contributed by atoms with van der Waals surface area (Å²) in [5.74, 6) is -0.135. The second-order valence-corrected chi connectivity index (χ2v) is 5.18. The van der Waals surface area contributed by atoms with Crippen molar-refractivity contribution >= 4 is 17.5 Å². The lowest BCUT2D eigenvalue weighted by Crippen LogP contribution is -2.46. The van der Waals surface area contributed by atoms with Gasteiger partial charge in [-0.2, -0.15) is 0 Å². The van der Waals surface area contributed by atoms with Gasteiger partial charge in [-0.15, -0.1) is 0 Å². The minimum atomic E-state index is -0.153. The van der Waals surface area contributed by atoms with Crippen molar-refractivity contribution in [1.29, 1.82) is 0 Å². The minimum absolute atomic E-state index is 0.0173. The molecular weight excluding hydrogens is 264 g/mol. The molecule has 0 bridgehead atoms. The zero-order valence-electron chi connectivity index (χ0n) is 11.0. The average molecular weight is 283 g/mol. The second kappa shape index (κ2) is 6.89. The largest absolute Gasteiger partial charge is 0.375 e. The van der Waals surface area contributed by atoms with E-state index < -0.39 is 0 Å². The van der Waals surface area contributed by atoms with Gasteiger partial charge in [0.05, 0.1) is 18.6 Å². The van der Waals surface area contributed by atoms with Gasteiger partial charge in [0.1, 0.15) is 0 Å². The van der Waals surface area contributed by atoms with Crippen LogP contribution < -0.4 is 10.6 Å². The highest BCUT2D eigenvalue weighted by Gasteiger charge is 2.26. The highest BCUT2D eigenvalue weighted by molar-refractivity contribution is 6.30. The summed E-state index contributed by atoms with van der Waals surface area (Å²) in [6, 6.07) is 7.46. The van der Waals surface area contributed by atoms with Gasteiger partial charge in [0.25, 0.3) is 0 Å². The number of carbonyl (C=O) groups excluding carboxylic acids is 1. The van der Waals surface area contributed by atoms with Crippen LogP contribution in [0.4, 0.5) is 0 Å². The van der Waals surface area contributed by atoms with Gasteiger partial charge < -0.3 is 15.4 Å². The van der Waals surface area contributed by atoms with Gasteiger partial charge in [0.15, 0.2) is 0 Å². The van der Waals surface area contributed by atoms with Crippen molar-refractivity contribution in [2.75, 3.05) is 19.7 Å². The van der Waals surface area contributed by atoms with Crippen LogP contribution in [0.3, 0.4) is 0 Å². The third kappa shape index (κ3) is 4.20. The summed E-state index contributed by atoms with van der Waals surface area (Å²) in [6.07, 6.45) is -0.0426. The van der Waals surface area contributed by atoms with Crippen LogP contribution in [0.25, 0.3) is 0 Å². The molecule has 2 unspecified atom stereocenters. The van der Waals surface area contributed by atoms with E-state index in [1.807, 2.05) is 31.2 Å². The Balaban J connectivity index is 1.81. The molecule has 1 aliphatic rings. The predicted octanol–water partition coefficient (Wildman–Crippen LogP) is 1.58. The molecule has 0 radical (unpaired) electrons.